The van der Waals surface area contributed by atoms with Crippen LogP contribution < -0.4 is 16.4 Å². The number of carbonyl (C=O) groups excluding carboxylic acids is 2. The average molecular weight is 296 g/mol. The Morgan fingerprint density at radius 3 is 3.05 bits per heavy atom. The van der Waals surface area contributed by atoms with Crippen molar-refractivity contribution in [3.8, 4) is 0 Å². The highest BCUT2D eigenvalue weighted by molar-refractivity contribution is 5.93. The first-order chi connectivity index (χ1) is 10.1. The standard InChI is InChI=1S/C14H24N4O3/c1-2-21-13(19)11-7-16-14(20)17-12(11)9-18-5-3-4-10(6-15)8-18/h10H,2-9,15H2,1H3,(H2,16,17,20). The van der Waals surface area contributed by atoms with Gasteiger partial charge in [-0.2, -0.15) is 0 Å². The summed E-state index contributed by atoms with van der Waals surface area (Å²) >= 11 is 0. The second-order valence-corrected chi connectivity index (χ2v) is 5.46. The van der Waals surface area contributed by atoms with Gasteiger partial charge in [-0.25, -0.2) is 9.59 Å². The van der Waals surface area contributed by atoms with E-state index in [9.17, 15) is 9.59 Å². The third-order valence-corrected chi connectivity index (χ3v) is 3.89. The molecule has 7 heteroatoms. The zero-order valence-corrected chi connectivity index (χ0v) is 12.5. The van der Waals surface area contributed by atoms with Crippen molar-refractivity contribution >= 4 is 12.0 Å². The highest BCUT2D eigenvalue weighted by atomic mass is 16.5. The molecule has 0 aromatic carbocycles. The summed E-state index contributed by atoms with van der Waals surface area (Å²) < 4.78 is 5.05. The molecular formula is C14H24N4O3. The lowest BCUT2D eigenvalue weighted by molar-refractivity contribution is -0.138. The molecule has 2 amide bonds. The summed E-state index contributed by atoms with van der Waals surface area (Å²) in [6.45, 7) is 5.39. The molecule has 1 fully saturated rings. The predicted octanol–water partition coefficient (Wildman–Crippen LogP) is -0.213. The molecule has 1 unspecified atom stereocenters. The number of rotatable bonds is 5. The van der Waals surface area contributed by atoms with Crippen molar-refractivity contribution < 1.29 is 14.3 Å². The highest BCUT2D eigenvalue weighted by Crippen LogP contribution is 2.17. The third-order valence-electron chi connectivity index (χ3n) is 3.89. The Labute approximate surface area is 124 Å². The lowest BCUT2D eigenvalue weighted by Crippen LogP contribution is -2.48. The Kier molecular flexibility index (Phi) is 5.58. The molecule has 0 saturated carbocycles. The first-order valence-electron chi connectivity index (χ1n) is 7.50. The number of amides is 2. The zero-order valence-electron chi connectivity index (χ0n) is 12.5. The van der Waals surface area contributed by atoms with Gasteiger partial charge in [-0.15, -0.1) is 0 Å². The maximum absolute atomic E-state index is 12.0. The molecule has 7 nitrogen and oxygen atoms in total. The van der Waals surface area contributed by atoms with Gasteiger partial charge in [0.15, 0.2) is 0 Å². The van der Waals surface area contributed by atoms with Gasteiger partial charge in [0, 0.05) is 18.8 Å². The molecule has 0 aliphatic carbocycles. The van der Waals surface area contributed by atoms with E-state index < -0.39 is 0 Å². The van der Waals surface area contributed by atoms with Crippen molar-refractivity contribution in [1.29, 1.82) is 0 Å². The number of nitrogens with two attached hydrogens (primary N) is 1. The van der Waals surface area contributed by atoms with Crippen LogP contribution in [-0.2, 0) is 9.53 Å². The molecule has 1 atom stereocenters. The molecule has 4 N–H and O–H groups in total. The van der Waals surface area contributed by atoms with E-state index in [1.54, 1.807) is 6.92 Å². The molecule has 118 valence electrons. The van der Waals surface area contributed by atoms with Crippen molar-refractivity contribution in [2.24, 2.45) is 11.7 Å². The van der Waals surface area contributed by atoms with E-state index in [0.29, 0.717) is 36.9 Å². The number of urea groups is 1. The van der Waals surface area contributed by atoms with E-state index in [4.69, 9.17) is 10.5 Å². The van der Waals surface area contributed by atoms with Crippen LogP contribution >= 0.6 is 0 Å². The monoisotopic (exact) mass is 296 g/mol. The fraction of sp³-hybridized carbons (Fsp3) is 0.714. The molecule has 2 aliphatic heterocycles. The van der Waals surface area contributed by atoms with Crippen molar-refractivity contribution in [2.75, 3.05) is 39.3 Å². The van der Waals surface area contributed by atoms with E-state index in [2.05, 4.69) is 15.5 Å². The molecule has 0 spiro atoms. The van der Waals surface area contributed by atoms with Gasteiger partial charge in [0.25, 0.3) is 0 Å². The van der Waals surface area contributed by atoms with Crippen molar-refractivity contribution in [3.05, 3.63) is 11.3 Å². The van der Waals surface area contributed by atoms with E-state index in [-0.39, 0.29) is 18.5 Å². The SMILES string of the molecule is CCOC(=O)C1=C(CN2CCCC(CN)C2)NC(=O)NC1. The van der Waals surface area contributed by atoms with Gasteiger partial charge in [-0.3, -0.25) is 4.90 Å². The number of esters is 1. The maximum Gasteiger partial charge on any atom is 0.337 e. The largest absolute Gasteiger partial charge is 0.463 e. The lowest BCUT2D eigenvalue weighted by Gasteiger charge is -2.34. The van der Waals surface area contributed by atoms with E-state index >= 15 is 0 Å². The van der Waals surface area contributed by atoms with Crippen LogP contribution in [0, 0.1) is 5.92 Å². The number of hydrogen-bond donors (Lipinski definition) is 3. The number of carbonyl (C=O) groups is 2. The van der Waals surface area contributed by atoms with E-state index in [1.165, 1.54) is 0 Å². The smallest absolute Gasteiger partial charge is 0.337 e. The normalized spacial score (nSPS) is 23.5. The molecular weight excluding hydrogens is 272 g/mol. The van der Waals surface area contributed by atoms with Gasteiger partial charge in [0.2, 0.25) is 0 Å². The zero-order chi connectivity index (χ0) is 15.2. The summed E-state index contributed by atoms with van der Waals surface area (Å²) in [5, 5.41) is 5.35. The quantitative estimate of drug-likeness (QED) is 0.610. The van der Waals surface area contributed by atoms with Crippen LogP contribution in [0.5, 0.6) is 0 Å². The molecule has 21 heavy (non-hydrogen) atoms. The first-order valence-corrected chi connectivity index (χ1v) is 7.50. The summed E-state index contributed by atoms with van der Waals surface area (Å²) in [6.07, 6.45) is 2.24. The van der Waals surface area contributed by atoms with Gasteiger partial charge in [-0.05, 0) is 38.8 Å². The lowest BCUT2D eigenvalue weighted by atomic mass is 9.98. The Morgan fingerprint density at radius 2 is 2.33 bits per heavy atom. The predicted molar refractivity (Wildman–Crippen MR) is 78.4 cm³/mol. The Balaban J connectivity index is 2.08. The number of ether oxygens (including phenoxy) is 1. The Hall–Kier alpha value is -1.60. The summed E-state index contributed by atoms with van der Waals surface area (Å²) in [5.74, 6) is 0.121. The second kappa shape index (κ2) is 7.42. The minimum atomic E-state index is -0.368. The number of likely N-dealkylation sites (tertiary alicyclic amines) is 1. The minimum Gasteiger partial charge on any atom is -0.463 e. The average Bonchev–Trinajstić information content (AvgIpc) is 2.48. The topological polar surface area (TPSA) is 96.7 Å². The third kappa shape index (κ3) is 4.18. The molecule has 0 aromatic rings. The van der Waals surface area contributed by atoms with Crippen molar-refractivity contribution in [2.45, 2.75) is 19.8 Å². The van der Waals surface area contributed by atoms with Crippen LogP contribution in [0.3, 0.4) is 0 Å². The number of nitrogens with one attached hydrogen (secondary N) is 2. The van der Waals surface area contributed by atoms with Crippen LogP contribution in [0.2, 0.25) is 0 Å². The van der Waals surface area contributed by atoms with Crippen LogP contribution in [-0.4, -0.2) is 56.2 Å². The van der Waals surface area contributed by atoms with Crippen LogP contribution in [0.25, 0.3) is 0 Å². The van der Waals surface area contributed by atoms with Gasteiger partial charge >= 0.3 is 12.0 Å². The van der Waals surface area contributed by atoms with E-state index in [0.717, 1.165) is 25.9 Å². The van der Waals surface area contributed by atoms with Gasteiger partial charge < -0.3 is 21.1 Å². The summed E-state index contributed by atoms with van der Waals surface area (Å²) in [4.78, 5) is 25.7. The van der Waals surface area contributed by atoms with Gasteiger partial charge in [-0.1, -0.05) is 0 Å². The minimum absolute atomic E-state index is 0.216. The van der Waals surface area contributed by atoms with Gasteiger partial charge in [0.05, 0.1) is 18.7 Å². The Morgan fingerprint density at radius 1 is 1.52 bits per heavy atom. The molecule has 2 rings (SSSR count). The molecule has 2 heterocycles. The fourth-order valence-corrected chi connectivity index (χ4v) is 2.79. The van der Waals surface area contributed by atoms with Crippen molar-refractivity contribution in [3.63, 3.8) is 0 Å². The molecule has 0 radical (unpaired) electrons. The number of piperidine rings is 1. The summed E-state index contributed by atoms with van der Waals surface area (Å²) in [6, 6.07) is -0.273. The maximum atomic E-state index is 12.0. The number of hydrogen-bond acceptors (Lipinski definition) is 5. The second-order valence-electron chi connectivity index (χ2n) is 5.46. The summed E-state index contributed by atoms with van der Waals surface area (Å²) in [5.41, 5.74) is 6.90. The summed E-state index contributed by atoms with van der Waals surface area (Å²) in [7, 11) is 0. The van der Waals surface area contributed by atoms with Crippen LogP contribution in [0.4, 0.5) is 4.79 Å². The fourth-order valence-electron chi connectivity index (χ4n) is 2.79. The number of nitrogens with zero attached hydrogens (tertiary/aromatic N) is 1. The van der Waals surface area contributed by atoms with Crippen LogP contribution in [0.1, 0.15) is 19.8 Å². The first kappa shape index (κ1) is 15.8. The molecule has 2 aliphatic rings. The van der Waals surface area contributed by atoms with Crippen LogP contribution in [0.15, 0.2) is 11.3 Å². The van der Waals surface area contributed by atoms with Gasteiger partial charge in [0.1, 0.15) is 0 Å². The molecule has 0 aromatic heterocycles. The molecule has 1 saturated heterocycles. The van der Waals surface area contributed by atoms with E-state index in [1.807, 2.05) is 0 Å². The Bertz CT molecular complexity index is 436. The molecule has 0 bridgehead atoms. The highest BCUT2D eigenvalue weighted by Gasteiger charge is 2.26. The van der Waals surface area contributed by atoms with Crippen molar-refractivity contribution in [1.82, 2.24) is 15.5 Å².